The number of nitrogens with zero attached hydrogens (tertiary/aromatic N) is 4. The first-order valence-electron chi connectivity index (χ1n) is 8.94. The van der Waals surface area contributed by atoms with E-state index in [-0.39, 0.29) is 11.6 Å². The van der Waals surface area contributed by atoms with Gasteiger partial charge in [-0.25, -0.2) is 14.6 Å². The lowest BCUT2D eigenvalue weighted by Crippen LogP contribution is -2.28. The molecule has 0 atom stereocenters. The molecule has 1 aliphatic rings. The number of alkyl halides is 3. The van der Waals surface area contributed by atoms with Crippen molar-refractivity contribution < 1.29 is 17.9 Å². The van der Waals surface area contributed by atoms with Gasteiger partial charge in [-0.15, -0.1) is 0 Å². The highest BCUT2D eigenvalue weighted by Gasteiger charge is 2.29. The zero-order valence-corrected chi connectivity index (χ0v) is 14.9. The van der Waals surface area contributed by atoms with Crippen LogP contribution in [0.25, 0.3) is 11.3 Å². The van der Waals surface area contributed by atoms with Gasteiger partial charge in [-0.2, -0.15) is 18.3 Å². The van der Waals surface area contributed by atoms with Crippen LogP contribution in [0.4, 0.5) is 13.2 Å². The lowest BCUT2D eigenvalue weighted by molar-refractivity contribution is -0.154. The second-order valence-electron chi connectivity index (χ2n) is 6.84. The average molecular weight is 382 g/mol. The second-order valence-corrected chi connectivity index (χ2v) is 6.84. The Morgan fingerprint density at radius 3 is 2.52 bits per heavy atom. The van der Waals surface area contributed by atoms with E-state index in [1.54, 1.807) is 6.07 Å². The van der Waals surface area contributed by atoms with Crippen molar-refractivity contribution in [3.63, 3.8) is 0 Å². The van der Waals surface area contributed by atoms with Crippen molar-refractivity contribution >= 4 is 0 Å². The van der Waals surface area contributed by atoms with Crippen LogP contribution in [0.5, 0.6) is 6.01 Å². The number of hydrogen-bond acceptors (Lipinski definition) is 5. The lowest BCUT2D eigenvalue weighted by Gasteiger charge is -2.34. The van der Waals surface area contributed by atoms with Gasteiger partial charge in [-0.1, -0.05) is 13.3 Å². The predicted octanol–water partition coefficient (Wildman–Crippen LogP) is 3.47. The van der Waals surface area contributed by atoms with Gasteiger partial charge in [0.2, 0.25) is 0 Å². The molecule has 0 spiro atoms. The molecular formula is C18H21F3N4O2. The smallest absolute Gasteiger partial charge is 0.422 e. The van der Waals surface area contributed by atoms with Crippen molar-refractivity contribution in [2.24, 2.45) is 11.8 Å². The quantitative estimate of drug-likeness (QED) is 0.733. The molecule has 9 heteroatoms. The highest BCUT2D eigenvalue weighted by molar-refractivity contribution is 5.55. The van der Waals surface area contributed by atoms with E-state index in [0.717, 1.165) is 12.3 Å². The first kappa shape index (κ1) is 19.3. The predicted molar refractivity (Wildman–Crippen MR) is 92.2 cm³/mol. The van der Waals surface area contributed by atoms with E-state index in [1.807, 2.05) is 0 Å². The minimum absolute atomic E-state index is 0.184. The highest BCUT2D eigenvalue weighted by Crippen LogP contribution is 2.38. The summed E-state index contributed by atoms with van der Waals surface area (Å²) in [6.07, 6.45) is 2.73. The van der Waals surface area contributed by atoms with E-state index in [2.05, 4.69) is 26.7 Å². The monoisotopic (exact) mass is 382 g/mol. The summed E-state index contributed by atoms with van der Waals surface area (Å²) in [6, 6.07) is 2.61. The van der Waals surface area contributed by atoms with Crippen molar-refractivity contribution in [3.8, 4) is 17.3 Å². The van der Waals surface area contributed by atoms with E-state index in [9.17, 15) is 18.0 Å². The van der Waals surface area contributed by atoms with Gasteiger partial charge >= 0.3 is 12.2 Å². The summed E-state index contributed by atoms with van der Waals surface area (Å²) in [5, 5.41) is 4.33. The minimum Gasteiger partial charge on any atom is -0.454 e. The average Bonchev–Trinajstić information content (AvgIpc) is 2.60. The largest absolute Gasteiger partial charge is 0.454 e. The Kier molecular flexibility index (Phi) is 5.76. The van der Waals surface area contributed by atoms with Gasteiger partial charge in [0.1, 0.15) is 0 Å². The zero-order chi connectivity index (χ0) is 19.4. The Morgan fingerprint density at radius 2 is 1.89 bits per heavy atom. The van der Waals surface area contributed by atoms with E-state index in [1.165, 1.54) is 42.4 Å². The summed E-state index contributed by atoms with van der Waals surface area (Å²) >= 11 is 0. The highest BCUT2D eigenvalue weighted by atomic mass is 19.4. The topological polar surface area (TPSA) is 69.9 Å². The molecule has 0 unspecified atom stereocenters. The van der Waals surface area contributed by atoms with Crippen molar-refractivity contribution in [1.29, 1.82) is 0 Å². The number of aryl methyl sites for hydroxylation is 1. The molecule has 0 bridgehead atoms. The molecule has 2 heterocycles. The molecule has 2 aromatic rings. The molecule has 1 aliphatic carbocycles. The summed E-state index contributed by atoms with van der Waals surface area (Å²) in [5.74, 6) is 1.45. The first-order chi connectivity index (χ1) is 12.8. The number of halogens is 3. The maximum Gasteiger partial charge on any atom is 0.422 e. The SMILES string of the molecule is CCC1CC(CCn2nc(-c3cnc(OCC(F)(F)F)nc3)ccc2=O)C1. The van der Waals surface area contributed by atoms with Crippen molar-refractivity contribution in [3.05, 3.63) is 34.9 Å². The molecule has 2 aromatic heterocycles. The van der Waals surface area contributed by atoms with Crippen LogP contribution < -0.4 is 10.3 Å². The molecule has 1 saturated carbocycles. The number of rotatable bonds is 7. The molecule has 27 heavy (non-hydrogen) atoms. The number of hydrogen-bond donors (Lipinski definition) is 0. The van der Waals surface area contributed by atoms with Crippen LogP contribution in [0.2, 0.25) is 0 Å². The summed E-state index contributed by atoms with van der Waals surface area (Å²) < 4.78 is 42.3. The minimum atomic E-state index is -4.45. The molecule has 0 N–H and O–H groups in total. The Balaban J connectivity index is 1.63. The van der Waals surface area contributed by atoms with Crippen LogP contribution in [0.15, 0.2) is 29.3 Å². The van der Waals surface area contributed by atoms with Crippen LogP contribution in [-0.4, -0.2) is 32.5 Å². The molecule has 0 amide bonds. The van der Waals surface area contributed by atoms with E-state index >= 15 is 0 Å². The molecule has 3 rings (SSSR count). The third-order valence-corrected chi connectivity index (χ3v) is 4.82. The third kappa shape index (κ3) is 5.27. The Hall–Kier alpha value is -2.45. The number of ether oxygens (including phenoxy) is 1. The Morgan fingerprint density at radius 1 is 1.19 bits per heavy atom. The molecular weight excluding hydrogens is 361 g/mol. The van der Waals surface area contributed by atoms with Crippen molar-refractivity contribution in [2.45, 2.75) is 45.3 Å². The molecule has 0 aromatic carbocycles. The van der Waals surface area contributed by atoms with Gasteiger partial charge in [-0.05, 0) is 37.2 Å². The van der Waals surface area contributed by atoms with Crippen molar-refractivity contribution in [1.82, 2.24) is 19.7 Å². The van der Waals surface area contributed by atoms with E-state index in [0.29, 0.717) is 23.7 Å². The van der Waals surface area contributed by atoms with Crippen LogP contribution in [0, 0.1) is 11.8 Å². The molecule has 1 fully saturated rings. The van der Waals surface area contributed by atoms with Crippen molar-refractivity contribution in [2.75, 3.05) is 6.61 Å². The van der Waals surface area contributed by atoms with Crippen LogP contribution in [0.1, 0.15) is 32.6 Å². The fraction of sp³-hybridized carbons (Fsp3) is 0.556. The second kappa shape index (κ2) is 8.06. The van der Waals surface area contributed by atoms with E-state index in [4.69, 9.17) is 0 Å². The Bertz CT molecular complexity index is 815. The normalized spacial score (nSPS) is 19.6. The van der Waals surface area contributed by atoms with E-state index < -0.39 is 12.8 Å². The summed E-state index contributed by atoms with van der Waals surface area (Å²) in [4.78, 5) is 19.5. The molecule has 146 valence electrons. The van der Waals surface area contributed by atoms with Crippen LogP contribution in [-0.2, 0) is 6.54 Å². The zero-order valence-electron chi connectivity index (χ0n) is 14.9. The van der Waals surface area contributed by atoms with Crippen LogP contribution in [0.3, 0.4) is 0 Å². The fourth-order valence-electron chi connectivity index (χ4n) is 3.18. The summed E-state index contributed by atoms with van der Waals surface area (Å²) in [5.41, 5.74) is 0.797. The standard InChI is InChI=1S/C18H21F3N4O2/c1-2-12-7-13(8-12)5-6-25-16(26)4-3-15(24-25)14-9-22-17(23-10-14)27-11-18(19,20)21/h3-4,9-10,12-13H,2,5-8,11H2,1H3. The van der Waals surface area contributed by atoms with Gasteiger partial charge in [-0.3, -0.25) is 4.79 Å². The molecule has 6 nitrogen and oxygen atoms in total. The first-order valence-corrected chi connectivity index (χ1v) is 8.94. The number of aromatic nitrogens is 4. The summed E-state index contributed by atoms with van der Waals surface area (Å²) in [6.45, 7) is 1.29. The van der Waals surface area contributed by atoms with Gasteiger partial charge in [0, 0.05) is 30.6 Å². The maximum absolute atomic E-state index is 12.1. The summed E-state index contributed by atoms with van der Waals surface area (Å²) in [7, 11) is 0. The lowest BCUT2D eigenvalue weighted by atomic mass is 9.72. The van der Waals surface area contributed by atoms with Gasteiger partial charge in [0.25, 0.3) is 5.56 Å². The van der Waals surface area contributed by atoms with Gasteiger partial charge < -0.3 is 4.74 Å². The molecule has 0 radical (unpaired) electrons. The fourth-order valence-corrected chi connectivity index (χ4v) is 3.18. The third-order valence-electron chi connectivity index (χ3n) is 4.82. The van der Waals surface area contributed by atoms with Gasteiger partial charge in [0.15, 0.2) is 6.61 Å². The van der Waals surface area contributed by atoms with Gasteiger partial charge in [0.05, 0.1) is 5.69 Å². The molecule has 0 saturated heterocycles. The molecule has 0 aliphatic heterocycles. The maximum atomic E-state index is 12.1. The van der Waals surface area contributed by atoms with Crippen LogP contribution >= 0.6 is 0 Å². The Labute approximate surface area is 154 Å².